The largest absolute Gasteiger partial charge is 0.394 e. The molecule has 1 amide bonds. The van der Waals surface area contributed by atoms with E-state index in [1.807, 2.05) is 0 Å². The zero-order valence-electron chi connectivity index (χ0n) is 9.20. The lowest BCUT2D eigenvalue weighted by Gasteiger charge is -2.26. The summed E-state index contributed by atoms with van der Waals surface area (Å²) in [6, 6.07) is 1.67. The first-order valence-corrected chi connectivity index (χ1v) is 5.57. The molecule has 1 aromatic rings. The topological polar surface area (TPSA) is 74.5 Å². The minimum absolute atomic E-state index is 0.319. The number of aromatic nitrogens is 1. The van der Waals surface area contributed by atoms with Crippen LogP contribution in [0.3, 0.4) is 0 Å². The number of halogens is 1. The van der Waals surface area contributed by atoms with E-state index in [-0.39, 0.29) is 19.1 Å². The van der Waals surface area contributed by atoms with Crippen LogP contribution in [0, 0.1) is 0 Å². The number of aliphatic hydroxyl groups excluding tert-OH is 2. The Labute approximate surface area is 102 Å². The number of amides is 1. The molecule has 0 saturated heterocycles. The molecule has 0 fully saturated rings. The fourth-order valence-corrected chi connectivity index (χ4v) is 1.74. The molecule has 16 heavy (non-hydrogen) atoms. The normalized spacial score (nSPS) is 11.6. The third kappa shape index (κ3) is 2.84. The van der Waals surface area contributed by atoms with Crippen LogP contribution in [0.2, 0.25) is 0 Å². The lowest BCUT2D eigenvalue weighted by atomic mass is 10.1. The molecule has 5 nitrogen and oxygen atoms in total. The Morgan fingerprint density at radius 3 is 2.50 bits per heavy atom. The van der Waals surface area contributed by atoms with E-state index in [1.165, 1.54) is 0 Å². The van der Waals surface area contributed by atoms with Crippen LogP contribution < -0.4 is 5.32 Å². The second-order valence-electron chi connectivity index (χ2n) is 3.99. The highest BCUT2D eigenvalue weighted by molar-refractivity contribution is 9.10. The summed E-state index contributed by atoms with van der Waals surface area (Å²) in [5.41, 5.74) is -0.548. The van der Waals surface area contributed by atoms with Crippen molar-refractivity contribution in [2.75, 3.05) is 13.2 Å². The third-order valence-corrected chi connectivity index (χ3v) is 2.75. The fraction of sp³-hybridized carbons (Fsp3) is 0.500. The summed E-state index contributed by atoms with van der Waals surface area (Å²) in [6.07, 6.45) is 1.75. The van der Waals surface area contributed by atoms with Crippen molar-refractivity contribution in [1.82, 2.24) is 9.88 Å². The summed E-state index contributed by atoms with van der Waals surface area (Å²) >= 11 is 3.27. The van der Waals surface area contributed by atoms with Crippen LogP contribution in [-0.4, -0.2) is 39.4 Å². The van der Waals surface area contributed by atoms with Crippen molar-refractivity contribution in [2.24, 2.45) is 7.05 Å². The molecule has 0 spiro atoms. The molecule has 1 rings (SSSR count). The molecule has 0 saturated carbocycles. The number of aryl methyl sites for hydroxylation is 1. The Morgan fingerprint density at radius 2 is 2.12 bits per heavy atom. The molecule has 1 heterocycles. The van der Waals surface area contributed by atoms with Gasteiger partial charge in [-0.1, -0.05) is 0 Å². The number of nitrogens with one attached hydrogen (secondary N) is 1. The number of aliphatic hydroxyl groups is 2. The van der Waals surface area contributed by atoms with E-state index < -0.39 is 5.54 Å². The first kappa shape index (κ1) is 13.2. The molecule has 90 valence electrons. The second kappa shape index (κ2) is 4.99. The Kier molecular flexibility index (Phi) is 4.12. The minimum Gasteiger partial charge on any atom is -0.394 e. The maximum absolute atomic E-state index is 11.8. The van der Waals surface area contributed by atoms with Gasteiger partial charge in [-0.25, -0.2) is 0 Å². The van der Waals surface area contributed by atoms with Gasteiger partial charge in [0.1, 0.15) is 5.69 Å². The Morgan fingerprint density at radius 1 is 1.56 bits per heavy atom. The van der Waals surface area contributed by atoms with Crippen LogP contribution in [0.25, 0.3) is 0 Å². The standard InChI is InChI=1S/C10H15BrN2O3/c1-10(5-14,6-15)12-9(16)8-3-7(11)4-13(8)2/h3-4,14-15H,5-6H2,1-2H3,(H,12,16). The first-order chi connectivity index (χ1) is 7.41. The van der Waals surface area contributed by atoms with Crippen molar-refractivity contribution in [3.63, 3.8) is 0 Å². The molecule has 0 unspecified atom stereocenters. The quantitative estimate of drug-likeness (QED) is 0.745. The van der Waals surface area contributed by atoms with E-state index in [2.05, 4.69) is 21.2 Å². The van der Waals surface area contributed by atoms with Crippen LogP contribution in [0.15, 0.2) is 16.7 Å². The molecule has 0 radical (unpaired) electrons. The zero-order valence-corrected chi connectivity index (χ0v) is 10.8. The number of carbonyl (C=O) groups excluding carboxylic acids is 1. The van der Waals surface area contributed by atoms with E-state index in [0.29, 0.717) is 5.69 Å². The van der Waals surface area contributed by atoms with E-state index >= 15 is 0 Å². The molecule has 0 aliphatic rings. The van der Waals surface area contributed by atoms with Crippen LogP contribution in [0.5, 0.6) is 0 Å². The van der Waals surface area contributed by atoms with Gasteiger partial charge in [0, 0.05) is 17.7 Å². The molecule has 6 heteroatoms. The predicted octanol–water partition coefficient (Wildman–Crippen LogP) is 0.261. The van der Waals surface area contributed by atoms with Crippen molar-refractivity contribution in [2.45, 2.75) is 12.5 Å². The van der Waals surface area contributed by atoms with Crippen molar-refractivity contribution in [3.8, 4) is 0 Å². The maximum atomic E-state index is 11.8. The molecule has 1 aromatic heterocycles. The molecule has 0 aliphatic carbocycles. The van der Waals surface area contributed by atoms with Gasteiger partial charge in [-0.15, -0.1) is 0 Å². The smallest absolute Gasteiger partial charge is 0.268 e. The van der Waals surface area contributed by atoms with E-state index in [9.17, 15) is 4.79 Å². The number of hydrogen-bond acceptors (Lipinski definition) is 3. The van der Waals surface area contributed by atoms with Gasteiger partial charge in [0.15, 0.2) is 0 Å². The number of carbonyl (C=O) groups is 1. The van der Waals surface area contributed by atoms with Crippen LogP contribution in [0.4, 0.5) is 0 Å². The minimum atomic E-state index is -1.01. The zero-order chi connectivity index (χ0) is 12.3. The lowest BCUT2D eigenvalue weighted by Crippen LogP contribution is -2.52. The highest BCUT2D eigenvalue weighted by atomic mass is 79.9. The van der Waals surface area contributed by atoms with Gasteiger partial charge in [0.25, 0.3) is 5.91 Å². The first-order valence-electron chi connectivity index (χ1n) is 4.78. The summed E-state index contributed by atoms with van der Waals surface area (Å²) in [4.78, 5) is 11.8. The predicted molar refractivity (Wildman–Crippen MR) is 63.2 cm³/mol. The van der Waals surface area contributed by atoms with Gasteiger partial charge in [-0.3, -0.25) is 4.79 Å². The van der Waals surface area contributed by atoms with E-state index in [1.54, 1.807) is 30.8 Å². The second-order valence-corrected chi connectivity index (χ2v) is 4.90. The monoisotopic (exact) mass is 290 g/mol. The number of rotatable bonds is 4. The summed E-state index contributed by atoms with van der Waals surface area (Å²) in [7, 11) is 1.74. The summed E-state index contributed by atoms with van der Waals surface area (Å²) in [6.45, 7) is 0.935. The molecule has 0 atom stereocenters. The van der Waals surface area contributed by atoms with Gasteiger partial charge in [0.05, 0.1) is 18.8 Å². The Balaban J connectivity index is 2.84. The highest BCUT2D eigenvalue weighted by Gasteiger charge is 2.26. The van der Waals surface area contributed by atoms with Gasteiger partial charge in [-0.2, -0.15) is 0 Å². The van der Waals surface area contributed by atoms with E-state index in [0.717, 1.165) is 4.47 Å². The molecular formula is C10H15BrN2O3. The van der Waals surface area contributed by atoms with Crippen LogP contribution in [-0.2, 0) is 7.05 Å². The third-order valence-electron chi connectivity index (χ3n) is 2.32. The van der Waals surface area contributed by atoms with Crippen LogP contribution in [0.1, 0.15) is 17.4 Å². The SMILES string of the molecule is Cn1cc(Br)cc1C(=O)NC(C)(CO)CO. The van der Waals surface area contributed by atoms with Gasteiger partial charge in [-0.05, 0) is 28.9 Å². The van der Waals surface area contributed by atoms with E-state index in [4.69, 9.17) is 10.2 Å². The van der Waals surface area contributed by atoms with Gasteiger partial charge in [0.2, 0.25) is 0 Å². The lowest BCUT2D eigenvalue weighted by molar-refractivity contribution is 0.0717. The Bertz CT molecular complexity index is 385. The van der Waals surface area contributed by atoms with Gasteiger partial charge < -0.3 is 20.1 Å². The molecular weight excluding hydrogens is 276 g/mol. The summed E-state index contributed by atoms with van der Waals surface area (Å²) in [5.74, 6) is -0.334. The van der Waals surface area contributed by atoms with Crippen molar-refractivity contribution in [3.05, 3.63) is 22.4 Å². The van der Waals surface area contributed by atoms with Crippen molar-refractivity contribution < 1.29 is 15.0 Å². The number of hydrogen-bond donors (Lipinski definition) is 3. The molecule has 0 aliphatic heterocycles. The van der Waals surface area contributed by atoms with Gasteiger partial charge >= 0.3 is 0 Å². The molecule has 0 aromatic carbocycles. The molecule has 0 bridgehead atoms. The summed E-state index contributed by atoms with van der Waals surface area (Å²) in [5, 5.41) is 20.7. The fourth-order valence-electron chi connectivity index (χ4n) is 1.22. The number of nitrogens with zero attached hydrogens (tertiary/aromatic N) is 1. The van der Waals surface area contributed by atoms with Crippen LogP contribution >= 0.6 is 15.9 Å². The molecule has 3 N–H and O–H groups in total. The maximum Gasteiger partial charge on any atom is 0.268 e. The Hall–Kier alpha value is -0.850. The average Bonchev–Trinajstić information content (AvgIpc) is 2.57. The summed E-state index contributed by atoms with van der Waals surface area (Å²) < 4.78 is 2.46. The van der Waals surface area contributed by atoms with Crippen molar-refractivity contribution >= 4 is 21.8 Å². The highest BCUT2D eigenvalue weighted by Crippen LogP contribution is 2.14. The van der Waals surface area contributed by atoms with Crippen molar-refractivity contribution in [1.29, 1.82) is 0 Å². The average molecular weight is 291 g/mol.